The fourth-order valence-electron chi connectivity index (χ4n) is 2.12. The maximum atomic E-state index is 11.9. The van der Waals surface area contributed by atoms with Gasteiger partial charge in [-0.3, -0.25) is 4.79 Å². The molecule has 0 unspecified atom stereocenters. The number of nitrogens with one attached hydrogen (secondary N) is 1. The second-order valence-corrected chi connectivity index (χ2v) is 5.81. The lowest BCUT2D eigenvalue weighted by molar-refractivity contribution is -0.116. The van der Waals surface area contributed by atoms with E-state index in [1.165, 1.54) is 11.3 Å². The molecule has 6 nitrogen and oxygen atoms in total. The summed E-state index contributed by atoms with van der Waals surface area (Å²) in [5, 5.41) is 5.30. The number of amides is 1. The SMILES string of the molecule is CCOCCCC(=O)Nc1nc(-c2ccc(OC)c(OC)c2)cs1. The Morgan fingerprint density at radius 3 is 2.75 bits per heavy atom. The van der Waals surface area contributed by atoms with Crippen molar-refractivity contribution in [2.24, 2.45) is 0 Å². The van der Waals surface area contributed by atoms with E-state index in [1.807, 2.05) is 30.5 Å². The van der Waals surface area contributed by atoms with Crippen molar-refractivity contribution in [3.63, 3.8) is 0 Å². The third kappa shape index (κ3) is 4.94. The summed E-state index contributed by atoms with van der Waals surface area (Å²) < 4.78 is 15.8. The molecule has 0 saturated carbocycles. The highest BCUT2D eigenvalue weighted by Crippen LogP contribution is 2.33. The molecule has 0 aliphatic rings. The predicted molar refractivity (Wildman–Crippen MR) is 95.0 cm³/mol. The fraction of sp³-hybridized carbons (Fsp3) is 0.412. The number of aromatic nitrogens is 1. The quantitative estimate of drug-likeness (QED) is 0.700. The summed E-state index contributed by atoms with van der Waals surface area (Å²) >= 11 is 1.39. The largest absolute Gasteiger partial charge is 0.493 e. The summed E-state index contributed by atoms with van der Waals surface area (Å²) in [6, 6.07) is 5.60. The standard InChI is InChI=1S/C17H22N2O4S/c1-4-23-9-5-6-16(20)19-17-18-13(11-24-17)12-7-8-14(21-2)15(10-12)22-3/h7-8,10-11H,4-6,9H2,1-3H3,(H,18,19,20). The Kier molecular flexibility index (Phi) is 7.02. The summed E-state index contributed by atoms with van der Waals surface area (Å²) in [7, 11) is 3.19. The Hall–Kier alpha value is -2.12. The summed E-state index contributed by atoms with van der Waals surface area (Å²) in [6.45, 7) is 3.20. The Bertz CT molecular complexity index is 672. The van der Waals surface area contributed by atoms with Crippen LogP contribution in [0.1, 0.15) is 19.8 Å². The van der Waals surface area contributed by atoms with Gasteiger partial charge in [-0.1, -0.05) is 0 Å². The third-order valence-corrected chi connectivity index (χ3v) is 4.08. The molecule has 0 saturated heterocycles. The van der Waals surface area contributed by atoms with Crippen molar-refractivity contribution in [3.05, 3.63) is 23.6 Å². The van der Waals surface area contributed by atoms with Gasteiger partial charge in [0.2, 0.25) is 5.91 Å². The molecule has 0 bridgehead atoms. The number of hydrogen-bond acceptors (Lipinski definition) is 6. The molecule has 1 aromatic heterocycles. The second-order valence-electron chi connectivity index (χ2n) is 4.96. The monoisotopic (exact) mass is 350 g/mol. The van der Waals surface area contributed by atoms with Crippen LogP contribution < -0.4 is 14.8 Å². The number of thiazole rings is 1. The maximum Gasteiger partial charge on any atom is 0.226 e. The van der Waals surface area contributed by atoms with Crippen molar-refractivity contribution >= 4 is 22.4 Å². The molecule has 0 radical (unpaired) electrons. The first-order chi connectivity index (χ1) is 11.7. The average Bonchev–Trinajstić information content (AvgIpc) is 3.06. The van der Waals surface area contributed by atoms with Gasteiger partial charge in [-0.05, 0) is 31.5 Å². The van der Waals surface area contributed by atoms with Crippen LogP contribution in [0, 0.1) is 0 Å². The number of anilines is 1. The smallest absolute Gasteiger partial charge is 0.226 e. The highest BCUT2D eigenvalue weighted by Gasteiger charge is 2.11. The van der Waals surface area contributed by atoms with E-state index in [1.54, 1.807) is 14.2 Å². The molecule has 0 aliphatic heterocycles. The van der Waals surface area contributed by atoms with Crippen molar-refractivity contribution in [3.8, 4) is 22.8 Å². The molecule has 2 rings (SSSR count). The van der Waals surface area contributed by atoms with Crippen LogP contribution >= 0.6 is 11.3 Å². The van der Waals surface area contributed by atoms with Gasteiger partial charge in [-0.2, -0.15) is 0 Å². The molecule has 0 atom stereocenters. The molecule has 0 aliphatic carbocycles. The number of carbonyl (C=O) groups excluding carboxylic acids is 1. The van der Waals surface area contributed by atoms with Crippen LogP contribution in [0.4, 0.5) is 5.13 Å². The van der Waals surface area contributed by atoms with Crippen molar-refractivity contribution in [1.29, 1.82) is 0 Å². The lowest BCUT2D eigenvalue weighted by Gasteiger charge is -2.08. The molecule has 2 aromatic rings. The zero-order chi connectivity index (χ0) is 17.4. The van der Waals surface area contributed by atoms with Crippen LogP contribution in [0.15, 0.2) is 23.6 Å². The number of hydrogen-bond donors (Lipinski definition) is 1. The molecule has 0 spiro atoms. The Morgan fingerprint density at radius 1 is 1.25 bits per heavy atom. The van der Waals surface area contributed by atoms with Gasteiger partial charge in [-0.15, -0.1) is 11.3 Å². The minimum absolute atomic E-state index is 0.0529. The lowest BCUT2D eigenvalue weighted by Crippen LogP contribution is -2.12. The number of benzene rings is 1. The minimum atomic E-state index is -0.0529. The number of nitrogens with zero attached hydrogens (tertiary/aromatic N) is 1. The van der Waals surface area contributed by atoms with E-state index in [0.29, 0.717) is 42.7 Å². The van der Waals surface area contributed by atoms with Crippen LogP contribution in [-0.4, -0.2) is 38.3 Å². The zero-order valence-electron chi connectivity index (χ0n) is 14.1. The molecule has 1 amide bonds. The van der Waals surface area contributed by atoms with Gasteiger partial charge in [-0.25, -0.2) is 4.98 Å². The molecular formula is C17H22N2O4S. The van der Waals surface area contributed by atoms with E-state index in [9.17, 15) is 4.79 Å². The van der Waals surface area contributed by atoms with Gasteiger partial charge >= 0.3 is 0 Å². The van der Waals surface area contributed by atoms with Gasteiger partial charge in [0, 0.05) is 30.6 Å². The summed E-state index contributed by atoms with van der Waals surface area (Å²) in [5.41, 5.74) is 1.69. The molecular weight excluding hydrogens is 328 g/mol. The predicted octanol–water partition coefficient (Wildman–Crippen LogP) is 3.58. The van der Waals surface area contributed by atoms with Crippen molar-refractivity contribution in [2.75, 3.05) is 32.8 Å². The van der Waals surface area contributed by atoms with E-state index in [2.05, 4.69) is 10.3 Å². The highest BCUT2D eigenvalue weighted by atomic mass is 32.1. The topological polar surface area (TPSA) is 69.7 Å². The zero-order valence-corrected chi connectivity index (χ0v) is 14.9. The van der Waals surface area contributed by atoms with E-state index >= 15 is 0 Å². The van der Waals surface area contributed by atoms with Crippen molar-refractivity contribution in [2.45, 2.75) is 19.8 Å². The molecule has 1 N–H and O–H groups in total. The van der Waals surface area contributed by atoms with Crippen LogP contribution in [0.3, 0.4) is 0 Å². The molecule has 7 heteroatoms. The summed E-state index contributed by atoms with van der Waals surface area (Å²) in [4.78, 5) is 16.3. The number of rotatable bonds is 9. The second kappa shape index (κ2) is 9.24. The minimum Gasteiger partial charge on any atom is -0.493 e. The molecule has 1 heterocycles. The number of ether oxygens (including phenoxy) is 3. The Morgan fingerprint density at radius 2 is 2.04 bits per heavy atom. The van der Waals surface area contributed by atoms with Crippen LogP contribution in [0.25, 0.3) is 11.3 Å². The summed E-state index contributed by atoms with van der Waals surface area (Å²) in [5.74, 6) is 1.26. The normalized spacial score (nSPS) is 10.5. The molecule has 130 valence electrons. The lowest BCUT2D eigenvalue weighted by atomic mass is 10.1. The average molecular weight is 350 g/mol. The Labute approximate surface area is 145 Å². The first kappa shape index (κ1) is 18.2. The van der Waals surface area contributed by atoms with E-state index in [4.69, 9.17) is 14.2 Å². The Balaban J connectivity index is 1.99. The first-order valence-corrected chi connectivity index (χ1v) is 8.61. The van der Waals surface area contributed by atoms with E-state index < -0.39 is 0 Å². The highest BCUT2D eigenvalue weighted by molar-refractivity contribution is 7.14. The maximum absolute atomic E-state index is 11.9. The summed E-state index contributed by atoms with van der Waals surface area (Å²) in [6.07, 6.45) is 1.12. The molecule has 0 fully saturated rings. The number of carbonyl (C=O) groups is 1. The van der Waals surface area contributed by atoms with Crippen molar-refractivity contribution in [1.82, 2.24) is 4.98 Å². The molecule has 1 aromatic carbocycles. The molecule has 24 heavy (non-hydrogen) atoms. The van der Waals surface area contributed by atoms with E-state index in [-0.39, 0.29) is 5.91 Å². The first-order valence-electron chi connectivity index (χ1n) is 7.73. The number of methoxy groups -OCH3 is 2. The van der Waals surface area contributed by atoms with Crippen LogP contribution in [0.5, 0.6) is 11.5 Å². The van der Waals surface area contributed by atoms with Gasteiger partial charge in [0.1, 0.15) is 0 Å². The van der Waals surface area contributed by atoms with Crippen LogP contribution in [0.2, 0.25) is 0 Å². The van der Waals surface area contributed by atoms with Gasteiger partial charge < -0.3 is 19.5 Å². The fourth-order valence-corrected chi connectivity index (χ4v) is 2.86. The van der Waals surface area contributed by atoms with Gasteiger partial charge in [0.25, 0.3) is 0 Å². The van der Waals surface area contributed by atoms with Gasteiger partial charge in [0.15, 0.2) is 16.6 Å². The van der Waals surface area contributed by atoms with Crippen molar-refractivity contribution < 1.29 is 19.0 Å². The van der Waals surface area contributed by atoms with Crippen LogP contribution in [-0.2, 0) is 9.53 Å². The van der Waals surface area contributed by atoms with Gasteiger partial charge in [0.05, 0.1) is 19.9 Å². The third-order valence-electron chi connectivity index (χ3n) is 3.33. The van der Waals surface area contributed by atoms with E-state index in [0.717, 1.165) is 11.3 Å².